The minimum Gasteiger partial charge on any atom is -0.545 e. The Morgan fingerprint density at radius 2 is 1.94 bits per heavy atom. The minimum atomic E-state index is -1.15. The molecule has 1 aromatic carbocycles. The Balaban J connectivity index is 0.00000225. The van der Waals surface area contributed by atoms with Crippen molar-refractivity contribution >= 4 is 12.0 Å². The summed E-state index contributed by atoms with van der Waals surface area (Å²) >= 11 is 0. The second kappa shape index (κ2) is 7.49. The van der Waals surface area contributed by atoms with Gasteiger partial charge in [0, 0.05) is 0 Å². The third kappa shape index (κ3) is 4.84. The zero-order chi connectivity index (χ0) is 11.3. The van der Waals surface area contributed by atoms with Crippen molar-refractivity contribution in [2.75, 3.05) is 6.61 Å². The van der Waals surface area contributed by atoms with Gasteiger partial charge in [0.1, 0.15) is 5.75 Å². The van der Waals surface area contributed by atoms with E-state index in [1.807, 2.05) is 6.92 Å². The van der Waals surface area contributed by atoms with Gasteiger partial charge < -0.3 is 14.6 Å². The molecule has 0 amide bonds. The molecule has 0 atom stereocenters. The molecule has 0 heterocycles. The van der Waals surface area contributed by atoms with Gasteiger partial charge in [-0.15, -0.1) is 0 Å². The van der Waals surface area contributed by atoms with Gasteiger partial charge in [-0.3, -0.25) is 0 Å². The topological polar surface area (TPSA) is 49.4 Å². The van der Waals surface area contributed by atoms with E-state index in [1.165, 1.54) is 6.92 Å². The third-order valence-electron chi connectivity index (χ3n) is 1.90. The first kappa shape index (κ1) is 15.2. The summed E-state index contributed by atoms with van der Waals surface area (Å²) in [6.07, 6.45) is 1.56. The second-order valence-corrected chi connectivity index (χ2v) is 3.12. The molecule has 0 bridgehead atoms. The van der Waals surface area contributed by atoms with Gasteiger partial charge in [-0.05, 0) is 37.1 Å². The van der Waals surface area contributed by atoms with Crippen molar-refractivity contribution in [3.05, 3.63) is 35.4 Å². The number of carboxylic acid groups (broad SMARTS) is 1. The summed E-state index contributed by atoms with van der Waals surface area (Å²) in [5, 5.41) is 10.5. The van der Waals surface area contributed by atoms with Crippen molar-refractivity contribution in [1.29, 1.82) is 0 Å². The average molecular weight is 228 g/mol. The number of benzene rings is 1. The molecule has 0 saturated carbocycles. The van der Waals surface area contributed by atoms with Gasteiger partial charge in [0.15, 0.2) is 0 Å². The monoisotopic (exact) mass is 228 g/mol. The summed E-state index contributed by atoms with van der Waals surface area (Å²) in [5.74, 6) is -0.371. The van der Waals surface area contributed by atoms with Crippen molar-refractivity contribution in [2.24, 2.45) is 0 Å². The SMILES string of the molecule is CCOc1ccc(/C=C(\C)C(=O)[O-])cc1.[Na+]. The van der Waals surface area contributed by atoms with Crippen LogP contribution in [0.5, 0.6) is 5.75 Å². The predicted octanol–water partition coefficient (Wildman–Crippen LogP) is -1.76. The molecule has 1 rings (SSSR count). The van der Waals surface area contributed by atoms with Crippen molar-refractivity contribution in [1.82, 2.24) is 0 Å². The molecule has 3 nitrogen and oxygen atoms in total. The fraction of sp³-hybridized carbons (Fsp3) is 0.250. The van der Waals surface area contributed by atoms with E-state index >= 15 is 0 Å². The molecule has 0 N–H and O–H groups in total. The Bertz CT molecular complexity index is 368. The molecule has 0 saturated heterocycles. The van der Waals surface area contributed by atoms with Crippen LogP contribution in [-0.2, 0) is 4.79 Å². The number of ether oxygens (including phenoxy) is 1. The van der Waals surface area contributed by atoms with Crippen LogP contribution in [0.2, 0.25) is 0 Å². The van der Waals surface area contributed by atoms with E-state index in [0.717, 1.165) is 11.3 Å². The number of hydrogen-bond donors (Lipinski definition) is 0. The molecule has 0 radical (unpaired) electrons. The maximum atomic E-state index is 10.5. The number of carbonyl (C=O) groups excluding carboxylic acids is 1. The summed E-state index contributed by atoms with van der Waals surface area (Å²) in [4.78, 5) is 10.5. The maximum Gasteiger partial charge on any atom is 1.00 e. The Labute approximate surface area is 117 Å². The quantitative estimate of drug-likeness (QED) is 0.453. The van der Waals surface area contributed by atoms with Gasteiger partial charge in [0.25, 0.3) is 0 Å². The first-order chi connectivity index (χ1) is 7.13. The number of hydrogen-bond acceptors (Lipinski definition) is 3. The smallest absolute Gasteiger partial charge is 0.545 e. The fourth-order valence-electron chi connectivity index (χ4n) is 1.14. The van der Waals surface area contributed by atoms with Gasteiger partial charge in [0.2, 0.25) is 0 Å². The van der Waals surface area contributed by atoms with E-state index < -0.39 is 5.97 Å². The molecule has 4 heteroatoms. The van der Waals surface area contributed by atoms with Gasteiger partial charge >= 0.3 is 29.6 Å². The van der Waals surface area contributed by atoms with Crippen LogP contribution in [0.3, 0.4) is 0 Å². The first-order valence-electron chi connectivity index (χ1n) is 4.76. The molecular formula is C12H13NaO3. The van der Waals surface area contributed by atoms with Gasteiger partial charge in [-0.2, -0.15) is 0 Å². The molecule has 0 aliphatic carbocycles. The molecule has 0 spiro atoms. The molecule has 16 heavy (non-hydrogen) atoms. The van der Waals surface area contributed by atoms with Gasteiger partial charge in [-0.25, -0.2) is 0 Å². The largest absolute Gasteiger partial charge is 1.00 e. The van der Waals surface area contributed by atoms with Crippen LogP contribution < -0.4 is 39.4 Å². The van der Waals surface area contributed by atoms with E-state index in [2.05, 4.69) is 0 Å². The summed E-state index contributed by atoms with van der Waals surface area (Å²) in [6.45, 7) is 4.03. The maximum absolute atomic E-state index is 10.5. The van der Waals surface area contributed by atoms with Gasteiger partial charge in [0.05, 0.1) is 12.6 Å². The molecule has 0 aliphatic rings. The van der Waals surface area contributed by atoms with E-state index in [-0.39, 0.29) is 35.1 Å². The molecule has 0 aromatic heterocycles. The third-order valence-corrected chi connectivity index (χ3v) is 1.90. The molecular weight excluding hydrogens is 215 g/mol. The fourth-order valence-corrected chi connectivity index (χ4v) is 1.14. The Morgan fingerprint density at radius 1 is 1.38 bits per heavy atom. The molecule has 0 unspecified atom stereocenters. The van der Waals surface area contributed by atoms with Crippen molar-refractivity contribution < 1.29 is 44.2 Å². The minimum absolute atomic E-state index is 0. The Hall–Kier alpha value is -0.770. The molecule has 80 valence electrons. The van der Waals surface area contributed by atoms with E-state index in [4.69, 9.17) is 4.74 Å². The zero-order valence-corrected chi connectivity index (χ0v) is 11.8. The van der Waals surface area contributed by atoms with Crippen LogP contribution in [0.15, 0.2) is 29.8 Å². The molecule has 0 aliphatic heterocycles. The molecule has 0 fully saturated rings. The number of carbonyl (C=O) groups is 1. The molecule has 1 aromatic rings. The number of carboxylic acids is 1. The van der Waals surface area contributed by atoms with Crippen molar-refractivity contribution in [3.8, 4) is 5.75 Å². The Kier molecular flexibility index (Phi) is 7.13. The normalized spacial score (nSPS) is 10.5. The van der Waals surface area contributed by atoms with E-state index in [0.29, 0.717) is 6.61 Å². The summed E-state index contributed by atoms with van der Waals surface area (Å²) in [5.41, 5.74) is 1.03. The van der Waals surface area contributed by atoms with Crippen LogP contribution in [0.4, 0.5) is 0 Å². The first-order valence-corrected chi connectivity index (χ1v) is 4.76. The summed E-state index contributed by atoms with van der Waals surface area (Å²) in [6, 6.07) is 7.21. The van der Waals surface area contributed by atoms with Crippen molar-refractivity contribution in [2.45, 2.75) is 13.8 Å². The van der Waals surface area contributed by atoms with Crippen LogP contribution in [0.25, 0.3) is 6.08 Å². The van der Waals surface area contributed by atoms with Gasteiger partial charge in [-0.1, -0.05) is 18.2 Å². The van der Waals surface area contributed by atoms with Crippen LogP contribution in [-0.4, -0.2) is 12.6 Å². The standard InChI is InChI=1S/C12H14O3.Na/c1-3-15-11-6-4-10(5-7-11)8-9(2)12(13)14;/h4-8H,3H2,1-2H3,(H,13,14);/q;+1/p-1/b9-8+;. The predicted molar refractivity (Wildman–Crippen MR) is 56.3 cm³/mol. The summed E-state index contributed by atoms with van der Waals surface area (Å²) in [7, 11) is 0. The zero-order valence-electron chi connectivity index (χ0n) is 9.82. The van der Waals surface area contributed by atoms with Crippen LogP contribution in [0, 0.1) is 0 Å². The second-order valence-electron chi connectivity index (χ2n) is 3.12. The number of aliphatic carboxylic acids is 1. The number of rotatable bonds is 4. The average Bonchev–Trinajstić information content (AvgIpc) is 2.21. The van der Waals surface area contributed by atoms with Crippen LogP contribution >= 0.6 is 0 Å². The van der Waals surface area contributed by atoms with Crippen molar-refractivity contribution in [3.63, 3.8) is 0 Å². The van der Waals surface area contributed by atoms with E-state index in [1.54, 1.807) is 30.3 Å². The Morgan fingerprint density at radius 3 is 2.38 bits per heavy atom. The summed E-state index contributed by atoms with van der Waals surface area (Å²) < 4.78 is 5.26. The van der Waals surface area contributed by atoms with E-state index in [9.17, 15) is 9.90 Å². The van der Waals surface area contributed by atoms with Crippen LogP contribution in [0.1, 0.15) is 19.4 Å².